The zero-order chi connectivity index (χ0) is 9.90. The summed E-state index contributed by atoms with van der Waals surface area (Å²) in [6, 6.07) is 0. The second-order valence-electron chi connectivity index (χ2n) is 4.50. The Hall–Kier alpha value is -0.770. The lowest BCUT2D eigenvalue weighted by Gasteiger charge is -2.24. The van der Waals surface area contributed by atoms with Crippen LogP contribution in [-0.2, 0) is 4.79 Å². The highest BCUT2D eigenvalue weighted by molar-refractivity contribution is 5.84. The maximum absolute atomic E-state index is 11.7. The van der Waals surface area contributed by atoms with Gasteiger partial charge in [-0.2, -0.15) is 0 Å². The molecule has 0 radical (unpaired) electrons. The summed E-state index contributed by atoms with van der Waals surface area (Å²) in [5, 5.41) is 0. The molecule has 1 fully saturated rings. The number of hydrogen-bond donors (Lipinski definition) is 0. The van der Waals surface area contributed by atoms with Crippen molar-refractivity contribution in [3.63, 3.8) is 0 Å². The van der Waals surface area contributed by atoms with Crippen LogP contribution in [0.1, 0.15) is 46.5 Å². The lowest BCUT2D eigenvalue weighted by atomic mass is 9.79. The van der Waals surface area contributed by atoms with Crippen LogP contribution in [0, 0.1) is 23.2 Å². The van der Waals surface area contributed by atoms with Crippen molar-refractivity contribution >= 4 is 5.78 Å². The number of carbonyl (C=O) groups is 1. The van der Waals surface area contributed by atoms with E-state index in [4.69, 9.17) is 0 Å². The molecule has 0 aromatic heterocycles. The van der Waals surface area contributed by atoms with Crippen LogP contribution in [0.15, 0.2) is 0 Å². The fraction of sp³-hybridized carbons (Fsp3) is 0.750. The van der Waals surface area contributed by atoms with Gasteiger partial charge in [-0.3, -0.25) is 4.79 Å². The first-order valence-electron chi connectivity index (χ1n) is 5.00. The zero-order valence-electron chi connectivity index (χ0n) is 8.81. The Labute approximate surface area is 80.9 Å². The molecule has 1 nitrogen and oxygen atoms in total. The Morgan fingerprint density at radius 2 is 2.23 bits per heavy atom. The van der Waals surface area contributed by atoms with Gasteiger partial charge in [-0.15, -0.1) is 5.92 Å². The summed E-state index contributed by atoms with van der Waals surface area (Å²) in [5.41, 5.74) is 0.215. The molecule has 1 saturated carbocycles. The van der Waals surface area contributed by atoms with Crippen molar-refractivity contribution in [3.05, 3.63) is 0 Å². The van der Waals surface area contributed by atoms with Crippen LogP contribution in [0.3, 0.4) is 0 Å². The molecule has 0 amide bonds. The van der Waals surface area contributed by atoms with E-state index < -0.39 is 0 Å². The summed E-state index contributed by atoms with van der Waals surface area (Å²) in [6.45, 7) is 6.18. The Morgan fingerprint density at radius 1 is 1.54 bits per heavy atom. The van der Waals surface area contributed by atoms with Gasteiger partial charge in [-0.25, -0.2) is 0 Å². The van der Waals surface area contributed by atoms with Crippen molar-refractivity contribution in [2.45, 2.75) is 46.5 Å². The fourth-order valence-electron chi connectivity index (χ4n) is 2.22. The molecule has 72 valence electrons. The zero-order valence-corrected chi connectivity index (χ0v) is 8.81. The van der Waals surface area contributed by atoms with E-state index in [2.05, 4.69) is 25.7 Å². The third kappa shape index (κ3) is 2.34. The largest absolute Gasteiger partial charge is 0.298 e. The van der Waals surface area contributed by atoms with E-state index in [1.165, 1.54) is 12.8 Å². The van der Waals surface area contributed by atoms with Crippen LogP contribution >= 0.6 is 0 Å². The number of hydrogen-bond acceptors (Lipinski definition) is 1. The van der Waals surface area contributed by atoms with Gasteiger partial charge in [-0.1, -0.05) is 26.2 Å². The molecule has 0 aliphatic heterocycles. The van der Waals surface area contributed by atoms with Gasteiger partial charge >= 0.3 is 0 Å². The second-order valence-corrected chi connectivity index (χ2v) is 4.50. The lowest BCUT2D eigenvalue weighted by Crippen LogP contribution is -2.25. The molecule has 1 heteroatoms. The molecule has 0 saturated heterocycles. The number of carbonyl (C=O) groups excluding carboxylic acids is 1. The van der Waals surface area contributed by atoms with Gasteiger partial charge in [0.25, 0.3) is 0 Å². The summed E-state index contributed by atoms with van der Waals surface area (Å²) in [5.74, 6) is 6.24. The fourth-order valence-corrected chi connectivity index (χ4v) is 2.22. The third-order valence-corrected chi connectivity index (χ3v) is 3.09. The molecule has 0 N–H and O–H groups in total. The summed E-state index contributed by atoms with van der Waals surface area (Å²) in [7, 11) is 0. The highest BCUT2D eigenvalue weighted by Gasteiger charge is 2.38. The van der Waals surface area contributed by atoms with E-state index in [-0.39, 0.29) is 11.3 Å². The number of rotatable bonds is 2. The van der Waals surface area contributed by atoms with Crippen LogP contribution in [0.4, 0.5) is 0 Å². The molecule has 0 bridgehead atoms. The quantitative estimate of drug-likeness (QED) is 0.594. The molecule has 1 aliphatic carbocycles. The second kappa shape index (κ2) is 3.96. The first-order chi connectivity index (χ1) is 6.08. The van der Waals surface area contributed by atoms with Crippen molar-refractivity contribution in [1.82, 2.24) is 0 Å². The molecule has 1 aliphatic rings. The smallest absolute Gasteiger partial charge is 0.148 e. The van der Waals surface area contributed by atoms with Crippen molar-refractivity contribution in [3.8, 4) is 11.8 Å². The van der Waals surface area contributed by atoms with E-state index in [1.54, 1.807) is 6.92 Å². The van der Waals surface area contributed by atoms with E-state index in [9.17, 15) is 4.79 Å². The summed E-state index contributed by atoms with van der Waals surface area (Å²) in [4.78, 5) is 11.7. The minimum Gasteiger partial charge on any atom is -0.298 e. The lowest BCUT2D eigenvalue weighted by molar-refractivity contribution is -0.124. The Bertz CT molecular complexity index is 252. The van der Waals surface area contributed by atoms with Gasteiger partial charge in [0.05, 0.1) is 6.42 Å². The van der Waals surface area contributed by atoms with Crippen LogP contribution < -0.4 is 0 Å². The maximum atomic E-state index is 11.7. The monoisotopic (exact) mass is 178 g/mol. The highest BCUT2D eigenvalue weighted by atomic mass is 16.1. The predicted octanol–water partition coefficient (Wildman–Crippen LogP) is 2.80. The predicted molar refractivity (Wildman–Crippen MR) is 54.2 cm³/mol. The van der Waals surface area contributed by atoms with Crippen molar-refractivity contribution in [1.29, 1.82) is 0 Å². The van der Waals surface area contributed by atoms with E-state index in [1.807, 2.05) is 0 Å². The molecule has 0 heterocycles. The molecule has 1 unspecified atom stereocenters. The molecule has 13 heavy (non-hydrogen) atoms. The molecular formula is C12H18O. The molecule has 0 spiro atoms. The number of Topliss-reactive ketones (excluding diaryl/α,β-unsaturated/α-hetero) is 1. The maximum Gasteiger partial charge on any atom is 0.148 e. The Balaban J connectivity index is 2.59. The third-order valence-electron chi connectivity index (χ3n) is 3.09. The van der Waals surface area contributed by atoms with Crippen LogP contribution in [0.5, 0.6) is 0 Å². The minimum absolute atomic E-state index is 0.215. The summed E-state index contributed by atoms with van der Waals surface area (Å²) < 4.78 is 0. The van der Waals surface area contributed by atoms with Gasteiger partial charge in [0, 0.05) is 5.92 Å². The summed E-state index contributed by atoms with van der Waals surface area (Å²) >= 11 is 0. The topological polar surface area (TPSA) is 17.1 Å². The van der Waals surface area contributed by atoms with Crippen molar-refractivity contribution in [2.75, 3.05) is 0 Å². The number of ketones is 1. The van der Waals surface area contributed by atoms with Crippen molar-refractivity contribution in [2.24, 2.45) is 11.3 Å². The molecule has 0 aromatic carbocycles. The first-order valence-corrected chi connectivity index (χ1v) is 5.00. The Kier molecular flexibility index (Phi) is 3.14. The van der Waals surface area contributed by atoms with Gasteiger partial charge < -0.3 is 0 Å². The van der Waals surface area contributed by atoms with E-state index >= 15 is 0 Å². The molecule has 0 aromatic rings. The summed E-state index contributed by atoms with van der Waals surface area (Å²) in [6.07, 6.45) is 3.90. The normalized spacial score (nSPS) is 25.0. The van der Waals surface area contributed by atoms with Gasteiger partial charge in [0.2, 0.25) is 0 Å². The first kappa shape index (κ1) is 10.3. The SMILES string of the molecule is CC#CCC(=O)C1CCCC1(C)C. The van der Waals surface area contributed by atoms with E-state index in [0.717, 1.165) is 6.42 Å². The Morgan fingerprint density at radius 3 is 2.69 bits per heavy atom. The van der Waals surface area contributed by atoms with Crippen LogP contribution in [-0.4, -0.2) is 5.78 Å². The van der Waals surface area contributed by atoms with E-state index in [0.29, 0.717) is 12.2 Å². The highest BCUT2D eigenvalue weighted by Crippen LogP contribution is 2.43. The van der Waals surface area contributed by atoms with Gasteiger partial charge in [0.15, 0.2) is 0 Å². The van der Waals surface area contributed by atoms with Gasteiger partial charge in [0.1, 0.15) is 5.78 Å². The average molecular weight is 178 g/mol. The van der Waals surface area contributed by atoms with Crippen molar-refractivity contribution < 1.29 is 4.79 Å². The van der Waals surface area contributed by atoms with Gasteiger partial charge in [-0.05, 0) is 25.2 Å². The van der Waals surface area contributed by atoms with Crippen LogP contribution in [0.25, 0.3) is 0 Å². The molecule has 1 atom stereocenters. The van der Waals surface area contributed by atoms with Crippen LogP contribution in [0.2, 0.25) is 0 Å². The molecular weight excluding hydrogens is 160 g/mol. The standard InChI is InChI=1S/C12H18O/c1-4-5-8-11(13)10-7-6-9-12(10,2)3/h10H,6-9H2,1-3H3. The molecule has 1 rings (SSSR count). The minimum atomic E-state index is 0.215. The average Bonchev–Trinajstić information content (AvgIpc) is 2.41.